The third-order valence-corrected chi connectivity index (χ3v) is 6.88. The Bertz CT molecular complexity index is 1160. The van der Waals surface area contributed by atoms with Crippen molar-refractivity contribution in [1.82, 2.24) is 10.2 Å². The standard InChI is InChI=1S/C28H37F4N2O7P/c1-27(2,39-14-11-20(38)41-25-23(31)21(29)22(30)24(32)26(25)42)12-15-40-28(3,4)16-33-17(35)8-6-5-7-13-34-18(36)9-10-19(34)37/h9-10H,5-8,11-16,42H2,1-4H3,(H,33,35). The lowest BCUT2D eigenvalue weighted by atomic mass is 10.1. The molecule has 0 saturated heterocycles. The van der Waals surface area contributed by atoms with Crippen LogP contribution in [0.3, 0.4) is 0 Å². The number of carbonyl (C=O) groups excluding carboxylic acids is 4. The van der Waals surface area contributed by atoms with Gasteiger partial charge in [-0.25, -0.2) is 13.2 Å². The molecule has 0 radical (unpaired) electrons. The Morgan fingerprint density at radius 1 is 0.833 bits per heavy atom. The van der Waals surface area contributed by atoms with E-state index in [1.807, 2.05) is 13.8 Å². The van der Waals surface area contributed by atoms with Crippen LogP contribution in [0.5, 0.6) is 5.75 Å². The van der Waals surface area contributed by atoms with Crippen molar-refractivity contribution in [2.24, 2.45) is 0 Å². The number of halogens is 4. The van der Waals surface area contributed by atoms with Crippen molar-refractivity contribution >= 4 is 38.2 Å². The van der Waals surface area contributed by atoms with Gasteiger partial charge in [-0.1, -0.05) is 15.7 Å². The average molecular weight is 621 g/mol. The molecule has 234 valence electrons. The van der Waals surface area contributed by atoms with E-state index in [0.717, 1.165) is 0 Å². The van der Waals surface area contributed by atoms with Crippen LogP contribution in [0.25, 0.3) is 0 Å². The van der Waals surface area contributed by atoms with E-state index in [9.17, 15) is 36.7 Å². The van der Waals surface area contributed by atoms with Crippen LogP contribution in [0.1, 0.15) is 66.2 Å². The monoisotopic (exact) mass is 620 g/mol. The van der Waals surface area contributed by atoms with Crippen molar-refractivity contribution in [2.75, 3.05) is 26.3 Å². The first-order valence-corrected chi connectivity index (χ1v) is 14.0. The van der Waals surface area contributed by atoms with Gasteiger partial charge in [0.15, 0.2) is 17.4 Å². The van der Waals surface area contributed by atoms with Gasteiger partial charge in [0, 0.05) is 31.7 Å². The van der Waals surface area contributed by atoms with E-state index in [2.05, 4.69) is 5.32 Å². The number of nitrogens with zero attached hydrogens (tertiary/aromatic N) is 1. The number of hydrogen-bond donors (Lipinski definition) is 1. The van der Waals surface area contributed by atoms with Crippen molar-refractivity contribution in [3.05, 3.63) is 35.4 Å². The molecule has 0 aromatic heterocycles. The van der Waals surface area contributed by atoms with Crippen molar-refractivity contribution in [2.45, 2.75) is 77.4 Å². The lowest BCUT2D eigenvalue weighted by Gasteiger charge is -2.30. The van der Waals surface area contributed by atoms with Gasteiger partial charge in [-0.2, -0.15) is 4.39 Å². The first kappa shape index (κ1) is 35.3. The molecule has 1 atom stereocenters. The lowest BCUT2D eigenvalue weighted by Crippen LogP contribution is -2.41. The Balaban J connectivity index is 1.63. The second-order valence-corrected chi connectivity index (χ2v) is 11.5. The minimum Gasteiger partial charge on any atom is -0.422 e. The number of unbranched alkanes of at least 4 members (excludes halogenated alkanes) is 2. The summed E-state index contributed by atoms with van der Waals surface area (Å²) in [6.07, 6.45) is 4.75. The predicted molar refractivity (Wildman–Crippen MR) is 148 cm³/mol. The fourth-order valence-corrected chi connectivity index (χ4v) is 4.10. The maximum absolute atomic E-state index is 13.9. The molecule has 1 aromatic carbocycles. The van der Waals surface area contributed by atoms with Crippen LogP contribution in [0.2, 0.25) is 0 Å². The number of carbonyl (C=O) groups is 4. The molecule has 0 spiro atoms. The number of ether oxygens (including phenoxy) is 3. The third kappa shape index (κ3) is 10.7. The number of benzene rings is 1. The van der Waals surface area contributed by atoms with Gasteiger partial charge in [-0.3, -0.25) is 24.1 Å². The third-order valence-electron chi connectivity index (χ3n) is 6.37. The summed E-state index contributed by atoms with van der Waals surface area (Å²) in [5.41, 5.74) is -1.43. The summed E-state index contributed by atoms with van der Waals surface area (Å²) in [6, 6.07) is 0. The minimum absolute atomic E-state index is 0.142. The Morgan fingerprint density at radius 3 is 2.07 bits per heavy atom. The van der Waals surface area contributed by atoms with Crippen LogP contribution in [0.4, 0.5) is 17.6 Å². The van der Waals surface area contributed by atoms with Crippen molar-refractivity contribution < 1.29 is 51.0 Å². The molecule has 0 aliphatic carbocycles. The minimum atomic E-state index is -2.08. The molecule has 0 saturated carbocycles. The Labute approximate surface area is 244 Å². The van der Waals surface area contributed by atoms with E-state index >= 15 is 0 Å². The van der Waals surface area contributed by atoms with Crippen molar-refractivity contribution in [1.29, 1.82) is 0 Å². The molecule has 14 heteroatoms. The summed E-state index contributed by atoms with van der Waals surface area (Å²) in [4.78, 5) is 48.5. The van der Waals surface area contributed by atoms with Crippen LogP contribution in [0, 0.1) is 23.3 Å². The fourth-order valence-electron chi connectivity index (χ4n) is 3.78. The van der Waals surface area contributed by atoms with Crippen molar-refractivity contribution in [3.8, 4) is 5.75 Å². The van der Waals surface area contributed by atoms with Gasteiger partial charge in [-0.15, -0.1) is 0 Å². The zero-order valence-corrected chi connectivity index (χ0v) is 25.3. The zero-order valence-electron chi connectivity index (χ0n) is 24.1. The van der Waals surface area contributed by atoms with Gasteiger partial charge in [0.25, 0.3) is 11.8 Å². The first-order chi connectivity index (χ1) is 19.5. The largest absolute Gasteiger partial charge is 0.422 e. The fraction of sp³-hybridized carbons (Fsp3) is 0.571. The quantitative estimate of drug-likeness (QED) is 0.0414. The van der Waals surface area contributed by atoms with Crippen LogP contribution < -0.4 is 15.4 Å². The highest BCUT2D eigenvalue weighted by Gasteiger charge is 2.27. The summed E-state index contributed by atoms with van der Waals surface area (Å²) in [5.74, 6) is -10.4. The highest BCUT2D eigenvalue weighted by Crippen LogP contribution is 2.25. The van der Waals surface area contributed by atoms with Crippen LogP contribution in [-0.2, 0) is 28.7 Å². The second kappa shape index (κ2) is 15.5. The molecule has 42 heavy (non-hydrogen) atoms. The highest BCUT2D eigenvalue weighted by molar-refractivity contribution is 7.27. The van der Waals surface area contributed by atoms with E-state index in [4.69, 9.17) is 14.2 Å². The highest BCUT2D eigenvalue weighted by atomic mass is 31.0. The predicted octanol–water partition coefficient (Wildman–Crippen LogP) is 3.62. The molecule has 1 aliphatic heterocycles. The molecule has 2 rings (SSSR count). The summed E-state index contributed by atoms with van der Waals surface area (Å²) < 4.78 is 70.6. The normalized spacial score (nSPS) is 13.7. The number of esters is 1. The number of rotatable bonds is 17. The second-order valence-electron chi connectivity index (χ2n) is 10.9. The number of nitrogens with one attached hydrogen (secondary N) is 1. The molecule has 0 fully saturated rings. The van der Waals surface area contributed by atoms with Crippen LogP contribution in [-0.4, -0.2) is 66.1 Å². The van der Waals surface area contributed by atoms with E-state index in [1.165, 1.54) is 17.1 Å². The molecular weight excluding hydrogens is 583 g/mol. The molecular formula is C28H37F4N2O7P. The molecule has 3 amide bonds. The molecule has 1 heterocycles. The molecule has 1 aromatic rings. The molecule has 1 aliphatic rings. The summed E-state index contributed by atoms with van der Waals surface area (Å²) in [6.45, 7) is 7.85. The Kier molecular flexibility index (Phi) is 13.1. The summed E-state index contributed by atoms with van der Waals surface area (Å²) in [5, 5.41) is 2.08. The van der Waals surface area contributed by atoms with Crippen LogP contribution >= 0.6 is 9.24 Å². The first-order valence-electron chi connectivity index (χ1n) is 13.4. The van der Waals surface area contributed by atoms with Crippen LogP contribution in [0.15, 0.2) is 12.2 Å². The van der Waals surface area contributed by atoms with Gasteiger partial charge in [-0.05, 0) is 47.0 Å². The Morgan fingerprint density at radius 2 is 1.43 bits per heavy atom. The Hall–Kier alpha value is -2.89. The van der Waals surface area contributed by atoms with Gasteiger partial charge < -0.3 is 19.5 Å². The van der Waals surface area contributed by atoms with E-state index < -0.39 is 51.5 Å². The molecule has 1 N–H and O–H groups in total. The SMILES string of the molecule is CC(C)(CCOC(C)(C)CNC(=O)CCCCCN1C(=O)C=CC1=O)OCCC(=O)Oc1c(F)c(F)c(F)c(F)c1P. The number of imide groups is 1. The van der Waals surface area contributed by atoms with Gasteiger partial charge in [0.2, 0.25) is 17.5 Å². The number of amides is 3. The van der Waals surface area contributed by atoms with Crippen molar-refractivity contribution in [3.63, 3.8) is 0 Å². The zero-order chi connectivity index (χ0) is 31.7. The molecule has 9 nitrogen and oxygen atoms in total. The number of hydrogen-bond acceptors (Lipinski definition) is 7. The maximum atomic E-state index is 13.9. The van der Waals surface area contributed by atoms with Gasteiger partial charge >= 0.3 is 5.97 Å². The van der Waals surface area contributed by atoms with Gasteiger partial charge in [0.05, 0.1) is 36.1 Å². The molecule has 0 bridgehead atoms. The van der Waals surface area contributed by atoms with Gasteiger partial charge in [0.1, 0.15) is 0 Å². The van der Waals surface area contributed by atoms with E-state index in [1.54, 1.807) is 23.1 Å². The van der Waals surface area contributed by atoms with E-state index in [0.29, 0.717) is 38.6 Å². The summed E-state index contributed by atoms with van der Waals surface area (Å²) in [7, 11) is 1.67. The maximum Gasteiger partial charge on any atom is 0.313 e. The molecule has 1 unspecified atom stereocenters. The lowest BCUT2D eigenvalue weighted by molar-refractivity contribution is -0.138. The van der Waals surface area contributed by atoms with E-state index in [-0.39, 0.29) is 43.9 Å². The smallest absolute Gasteiger partial charge is 0.313 e. The summed E-state index contributed by atoms with van der Waals surface area (Å²) >= 11 is 0. The average Bonchev–Trinajstić information content (AvgIpc) is 3.23. The topological polar surface area (TPSA) is 111 Å².